The highest BCUT2D eigenvalue weighted by molar-refractivity contribution is 5.88. The van der Waals surface area contributed by atoms with Crippen molar-refractivity contribution in [3.8, 4) is 5.75 Å². The minimum Gasteiger partial charge on any atom is -0.497 e. The van der Waals surface area contributed by atoms with Gasteiger partial charge in [0, 0.05) is 18.0 Å². The fourth-order valence-corrected chi connectivity index (χ4v) is 4.51. The Morgan fingerprint density at radius 1 is 1.14 bits per heavy atom. The lowest BCUT2D eigenvalue weighted by molar-refractivity contribution is -0.123. The van der Waals surface area contributed by atoms with Crippen LogP contribution in [-0.2, 0) is 4.79 Å². The number of hydrogen-bond donors (Lipinski definition) is 1. The van der Waals surface area contributed by atoms with Crippen molar-refractivity contribution in [2.45, 2.75) is 25.3 Å². The number of carbonyl (C=O) groups is 1. The molecule has 2 aliphatic rings. The number of allylic oxidation sites excluding steroid dienone is 2. The summed E-state index contributed by atoms with van der Waals surface area (Å²) in [5, 5.41) is 7.76. The lowest BCUT2D eigenvalue weighted by Gasteiger charge is -2.38. The molecule has 0 bridgehead atoms. The third-order valence-electron chi connectivity index (χ3n) is 5.94. The molecule has 2 aromatic carbocycles. The quantitative estimate of drug-likeness (QED) is 0.740. The Morgan fingerprint density at radius 3 is 2.69 bits per heavy atom. The van der Waals surface area contributed by atoms with E-state index in [9.17, 15) is 4.79 Å². The molecule has 3 atom stereocenters. The standard InChI is InChI=1S/C23H22N4O2/c1-14-5-3-4-6-18(14)16-11-19-21(20(28)12-16)22(27-23(26-19)24-13-25-27)15-7-9-17(29-2)10-8-15/h3-11,13,16,21-22H,12H2,1-2H3,(H,24,25,26)/t16-,21-,22-/m0/s1. The molecule has 0 fully saturated rings. The third kappa shape index (κ3) is 2.92. The zero-order chi connectivity index (χ0) is 20.0. The Hall–Kier alpha value is -3.41. The molecular formula is C23H22N4O2. The van der Waals surface area contributed by atoms with Crippen molar-refractivity contribution in [2.75, 3.05) is 12.4 Å². The van der Waals surface area contributed by atoms with E-state index >= 15 is 0 Å². The van der Waals surface area contributed by atoms with E-state index in [-0.39, 0.29) is 23.7 Å². The van der Waals surface area contributed by atoms with E-state index in [0.29, 0.717) is 12.4 Å². The Kier molecular flexibility index (Phi) is 4.19. The summed E-state index contributed by atoms with van der Waals surface area (Å²) < 4.78 is 7.10. The van der Waals surface area contributed by atoms with Gasteiger partial charge in [0.1, 0.15) is 17.9 Å². The first kappa shape index (κ1) is 17.7. The molecule has 146 valence electrons. The van der Waals surface area contributed by atoms with E-state index in [1.165, 1.54) is 17.5 Å². The molecule has 0 amide bonds. The summed E-state index contributed by atoms with van der Waals surface area (Å²) >= 11 is 0. The summed E-state index contributed by atoms with van der Waals surface area (Å²) in [6.45, 7) is 2.09. The monoisotopic (exact) mass is 386 g/mol. The van der Waals surface area contributed by atoms with E-state index in [1.807, 2.05) is 41.1 Å². The van der Waals surface area contributed by atoms with Gasteiger partial charge in [-0.2, -0.15) is 10.1 Å². The van der Waals surface area contributed by atoms with Crippen LogP contribution in [0.4, 0.5) is 5.95 Å². The smallest absolute Gasteiger partial charge is 0.226 e. The van der Waals surface area contributed by atoms with Crippen LogP contribution < -0.4 is 10.1 Å². The first-order valence-corrected chi connectivity index (χ1v) is 9.76. The van der Waals surface area contributed by atoms with Gasteiger partial charge in [0.15, 0.2) is 0 Å². The van der Waals surface area contributed by atoms with Gasteiger partial charge in [-0.15, -0.1) is 0 Å². The largest absolute Gasteiger partial charge is 0.497 e. The molecular weight excluding hydrogens is 364 g/mol. The summed E-state index contributed by atoms with van der Waals surface area (Å²) in [4.78, 5) is 17.8. The average molecular weight is 386 g/mol. The SMILES string of the molecule is COc1ccc([C@H]2[C@@H]3C(=O)C[C@@H](c4ccccc4C)C=C3Nc3ncnn32)cc1. The maximum atomic E-state index is 13.4. The maximum Gasteiger partial charge on any atom is 0.226 e. The van der Waals surface area contributed by atoms with Crippen LogP contribution in [0, 0.1) is 12.8 Å². The third-order valence-corrected chi connectivity index (χ3v) is 5.94. The molecule has 1 aliphatic heterocycles. The van der Waals surface area contributed by atoms with Gasteiger partial charge in [0.05, 0.1) is 19.1 Å². The van der Waals surface area contributed by atoms with E-state index in [2.05, 4.69) is 40.5 Å². The first-order chi connectivity index (χ1) is 14.2. The number of ketones is 1. The molecule has 1 N–H and O–H groups in total. The number of aryl methyl sites for hydroxylation is 1. The number of fused-ring (bicyclic) bond motifs is 2. The van der Waals surface area contributed by atoms with Crippen molar-refractivity contribution in [1.82, 2.24) is 14.8 Å². The molecule has 6 heteroatoms. The van der Waals surface area contributed by atoms with Crippen molar-refractivity contribution in [3.05, 3.63) is 83.3 Å². The Labute approximate surface area is 169 Å². The molecule has 0 saturated carbocycles. The van der Waals surface area contributed by atoms with E-state index in [0.717, 1.165) is 17.0 Å². The second-order valence-corrected chi connectivity index (χ2v) is 7.60. The fraction of sp³-hybridized carbons (Fsp3) is 0.261. The molecule has 0 spiro atoms. The van der Waals surface area contributed by atoms with Gasteiger partial charge in [0.2, 0.25) is 5.95 Å². The summed E-state index contributed by atoms with van der Waals surface area (Å²) in [6, 6.07) is 15.9. The second-order valence-electron chi connectivity index (χ2n) is 7.60. The van der Waals surface area contributed by atoms with Gasteiger partial charge in [-0.1, -0.05) is 42.5 Å². The van der Waals surface area contributed by atoms with Crippen LogP contribution >= 0.6 is 0 Å². The van der Waals surface area contributed by atoms with Crippen LogP contribution in [0.15, 0.2) is 66.6 Å². The lowest BCUT2D eigenvalue weighted by Crippen LogP contribution is -2.40. The molecule has 1 aliphatic carbocycles. The van der Waals surface area contributed by atoms with Crippen molar-refractivity contribution in [2.24, 2.45) is 5.92 Å². The highest BCUT2D eigenvalue weighted by Crippen LogP contribution is 2.44. The number of anilines is 1. The first-order valence-electron chi connectivity index (χ1n) is 9.76. The van der Waals surface area contributed by atoms with E-state index < -0.39 is 0 Å². The average Bonchev–Trinajstić information content (AvgIpc) is 3.20. The number of rotatable bonds is 3. The number of ether oxygens (including phenoxy) is 1. The number of methoxy groups -OCH3 is 1. The number of nitrogens with one attached hydrogen (secondary N) is 1. The van der Waals surface area contributed by atoms with Gasteiger partial charge < -0.3 is 10.1 Å². The fourth-order valence-electron chi connectivity index (χ4n) is 4.51. The van der Waals surface area contributed by atoms with Crippen molar-refractivity contribution >= 4 is 11.7 Å². The number of hydrogen-bond acceptors (Lipinski definition) is 5. The number of benzene rings is 2. The van der Waals surface area contributed by atoms with Gasteiger partial charge in [0.25, 0.3) is 0 Å². The predicted molar refractivity (Wildman–Crippen MR) is 110 cm³/mol. The molecule has 6 nitrogen and oxygen atoms in total. The Bertz CT molecular complexity index is 1100. The molecule has 3 aromatic rings. The minimum absolute atomic E-state index is 0.0634. The maximum absolute atomic E-state index is 13.4. The van der Waals surface area contributed by atoms with E-state index in [1.54, 1.807) is 7.11 Å². The molecule has 5 rings (SSSR count). The van der Waals surface area contributed by atoms with Gasteiger partial charge in [-0.3, -0.25) is 4.79 Å². The van der Waals surface area contributed by atoms with Gasteiger partial charge >= 0.3 is 0 Å². The normalized spacial score (nSPS) is 22.9. The number of aromatic nitrogens is 3. The highest BCUT2D eigenvalue weighted by Gasteiger charge is 2.43. The topological polar surface area (TPSA) is 69.0 Å². The second kappa shape index (κ2) is 6.88. The molecule has 1 aromatic heterocycles. The van der Waals surface area contributed by atoms with Crippen LogP contribution in [0.25, 0.3) is 0 Å². The van der Waals surface area contributed by atoms with Crippen LogP contribution in [0.2, 0.25) is 0 Å². The molecule has 29 heavy (non-hydrogen) atoms. The van der Waals surface area contributed by atoms with Crippen molar-refractivity contribution in [3.63, 3.8) is 0 Å². The van der Waals surface area contributed by atoms with Gasteiger partial charge in [-0.05, 0) is 35.7 Å². The van der Waals surface area contributed by atoms with Gasteiger partial charge in [-0.25, -0.2) is 4.68 Å². The lowest BCUT2D eigenvalue weighted by atomic mass is 9.75. The Morgan fingerprint density at radius 2 is 1.93 bits per heavy atom. The zero-order valence-electron chi connectivity index (χ0n) is 16.4. The van der Waals surface area contributed by atoms with Crippen LogP contribution in [-0.4, -0.2) is 27.7 Å². The summed E-state index contributed by atoms with van der Waals surface area (Å²) in [6.07, 6.45) is 4.21. The number of carbonyl (C=O) groups excluding carboxylic acids is 1. The predicted octanol–water partition coefficient (Wildman–Crippen LogP) is 3.87. The van der Waals surface area contributed by atoms with Crippen LogP contribution in [0.1, 0.15) is 35.1 Å². The highest BCUT2D eigenvalue weighted by atomic mass is 16.5. The minimum atomic E-state index is -0.308. The van der Waals surface area contributed by atoms with Crippen LogP contribution in [0.5, 0.6) is 5.75 Å². The Balaban J connectivity index is 1.60. The molecule has 2 heterocycles. The van der Waals surface area contributed by atoms with Crippen LogP contribution in [0.3, 0.4) is 0 Å². The number of nitrogens with zero attached hydrogens (tertiary/aromatic N) is 3. The van der Waals surface area contributed by atoms with Crippen molar-refractivity contribution in [1.29, 1.82) is 0 Å². The van der Waals surface area contributed by atoms with E-state index in [4.69, 9.17) is 4.74 Å². The van der Waals surface area contributed by atoms with Crippen molar-refractivity contribution < 1.29 is 9.53 Å². The molecule has 0 unspecified atom stereocenters. The molecule has 0 radical (unpaired) electrons. The number of Topliss-reactive ketones (excluding diaryl/α,β-unsaturated/α-hetero) is 1. The molecule has 0 saturated heterocycles. The zero-order valence-corrected chi connectivity index (χ0v) is 16.4. The summed E-state index contributed by atoms with van der Waals surface area (Å²) in [5.41, 5.74) is 4.32. The summed E-state index contributed by atoms with van der Waals surface area (Å²) in [5.74, 6) is 1.41. The summed E-state index contributed by atoms with van der Waals surface area (Å²) in [7, 11) is 1.65.